The zero-order valence-electron chi connectivity index (χ0n) is 12.0. The largest absolute Gasteiger partial charge is 0.480 e. The molecule has 110 valence electrons. The molecule has 1 rings (SSSR count). The van der Waals surface area contributed by atoms with Crippen molar-refractivity contribution in [3.05, 3.63) is 28.8 Å². The van der Waals surface area contributed by atoms with E-state index in [9.17, 15) is 9.59 Å². The average molecular weight is 298 g/mol. The van der Waals surface area contributed by atoms with E-state index in [0.29, 0.717) is 29.5 Å². The van der Waals surface area contributed by atoms with Gasteiger partial charge in [-0.2, -0.15) is 0 Å². The van der Waals surface area contributed by atoms with Crippen molar-refractivity contribution in [1.29, 1.82) is 0 Å². The quantitative estimate of drug-likeness (QED) is 0.787. The Labute approximate surface area is 124 Å². The SMILES string of the molecule is CC(C)CCNC(=O)C(C)Oc1cccc(Cl)c1C=O. The minimum absolute atomic E-state index is 0.206. The molecule has 1 N–H and O–H groups in total. The van der Waals surface area contributed by atoms with E-state index in [1.807, 2.05) is 0 Å². The number of hydrogen-bond donors (Lipinski definition) is 1. The lowest BCUT2D eigenvalue weighted by Gasteiger charge is -2.16. The van der Waals surface area contributed by atoms with Gasteiger partial charge in [-0.1, -0.05) is 31.5 Å². The Balaban J connectivity index is 2.62. The summed E-state index contributed by atoms with van der Waals surface area (Å²) in [5.74, 6) is 0.641. The lowest BCUT2D eigenvalue weighted by molar-refractivity contribution is -0.127. The van der Waals surface area contributed by atoms with Crippen LogP contribution in [0.1, 0.15) is 37.6 Å². The molecule has 5 heteroatoms. The van der Waals surface area contributed by atoms with Crippen LogP contribution in [0.25, 0.3) is 0 Å². The van der Waals surface area contributed by atoms with Gasteiger partial charge in [0.2, 0.25) is 0 Å². The monoisotopic (exact) mass is 297 g/mol. The molecule has 0 fully saturated rings. The Hall–Kier alpha value is -1.55. The first-order valence-electron chi connectivity index (χ1n) is 6.63. The molecule has 4 nitrogen and oxygen atoms in total. The van der Waals surface area contributed by atoms with Crippen molar-refractivity contribution < 1.29 is 14.3 Å². The third kappa shape index (κ3) is 4.85. The van der Waals surface area contributed by atoms with Gasteiger partial charge in [0.25, 0.3) is 5.91 Å². The van der Waals surface area contributed by atoms with E-state index in [1.165, 1.54) is 0 Å². The predicted octanol–water partition coefficient (Wildman–Crippen LogP) is 3.08. The Morgan fingerprint density at radius 2 is 2.10 bits per heavy atom. The van der Waals surface area contributed by atoms with Crippen LogP contribution < -0.4 is 10.1 Å². The lowest BCUT2D eigenvalue weighted by Crippen LogP contribution is -2.37. The van der Waals surface area contributed by atoms with Crippen LogP contribution in [0.2, 0.25) is 5.02 Å². The molecule has 0 spiro atoms. The summed E-state index contributed by atoms with van der Waals surface area (Å²) in [5.41, 5.74) is 0.260. The number of aldehydes is 1. The molecule has 1 unspecified atom stereocenters. The minimum Gasteiger partial charge on any atom is -0.480 e. The maximum absolute atomic E-state index is 11.9. The van der Waals surface area contributed by atoms with E-state index in [1.54, 1.807) is 25.1 Å². The molecule has 0 saturated carbocycles. The second-order valence-electron chi connectivity index (χ2n) is 5.00. The van der Waals surface area contributed by atoms with Crippen molar-refractivity contribution in [3.63, 3.8) is 0 Å². The second kappa shape index (κ2) is 7.90. The van der Waals surface area contributed by atoms with E-state index >= 15 is 0 Å². The van der Waals surface area contributed by atoms with Crippen molar-refractivity contribution in [2.45, 2.75) is 33.3 Å². The maximum atomic E-state index is 11.9. The van der Waals surface area contributed by atoms with Crippen LogP contribution >= 0.6 is 11.6 Å². The highest BCUT2D eigenvalue weighted by Crippen LogP contribution is 2.25. The summed E-state index contributed by atoms with van der Waals surface area (Å²) in [6, 6.07) is 4.90. The van der Waals surface area contributed by atoms with Gasteiger partial charge in [-0.3, -0.25) is 9.59 Å². The number of rotatable bonds is 7. The Morgan fingerprint density at radius 1 is 1.40 bits per heavy atom. The highest BCUT2D eigenvalue weighted by molar-refractivity contribution is 6.33. The van der Waals surface area contributed by atoms with Gasteiger partial charge in [-0.05, 0) is 31.4 Å². The number of ether oxygens (including phenoxy) is 1. The number of halogens is 1. The molecule has 1 atom stereocenters. The summed E-state index contributed by atoms with van der Waals surface area (Å²) in [7, 11) is 0. The van der Waals surface area contributed by atoms with Gasteiger partial charge in [-0.25, -0.2) is 0 Å². The number of carbonyl (C=O) groups is 2. The van der Waals surface area contributed by atoms with Gasteiger partial charge >= 0.3 is 0 Å². The number of benzene rings is 1. The van der Waals surface area contributed by atoms with Crippen molar-refractivity contribution in [3.8, 4) is 5.75 Å². The first-order valence-corrected chi connectivity index (χ1v) is 7.01. The number of amides is 1. The molecule has 0 saturated heterocycles. The van der Waals surface area contributed by atoms with E-state index in [0.717, 1.165) is 6.42 Å². The number of nitrogens with one attached hydrogen (secondary N) is 1. The molecule has 0 bridgehead atoms. The van der Waals surface area contributed by atoms with Crippen LogP contribution in [0, 0.1) is 5.92 Å². The summed E-state index contributed by atoms with van der Waals surface area (Å²) in [5, 5.41) is 3.11. The van der Waals surface area contributed by atoms with Gasteiger partial charge in [0, 0.05) is 6.54 Å². The molecular weight excluding hydrogens is 278 g/mol. The van der Waals surface area contributed by atoms with Crippen molar-refractivity contribution in [1.82, 2.24) is 5.32 Å². The molecule has 1 amide bonds. The van der Waals surface area contributed by atoms with Crippen LogP contribution in [0.5, 0.6) is 5.75 Å². The zero-order valence-corrected chi connectivity index (χ0v) is 12.7. The molecule has 0 heterocycles. The Bertz CT molecular complexity index is 474. The van der Waals surface area contributed by atoms with Crippen molar-refractivity contribution in [2.24, 2.45) is 5.92 Å². The summed E-state index contributed by atoms with van der Waals surface area (Å²) in [6.07, 6.45) is 0.857. The molecule has 20 heavy (non-hydrogen) atoms. The second-order valence-corrected chi connectivity index (χ2v) is 5.41. The maximum Gasteiger partial charge on any atom is 0.260 e. The first kappa shape index (κ1) is 16.5. The molecule has 0 aliphatic carbocycles. The van der Waals surface area contributed by atoms with Gasteiger partial charge in [0.1, 0.15) is 5.75 Å². The summed E-state index contributed by atoms with van der Waals surface area (Å²) in [4.78, 5) is 22.8. The fraction of sp³-hybridized carbons (Fsp3) is 0.467. The molecule has 0 aliphatic rings. The van der Waals surface area contributed by atoms with Crippen LogP contribution in [0.15, 0.2) is 18.2 Å². The van der Waals surface area contributed by atoms with Crippen LogP contribution in [0.4, 0.5) is 0 Å². The van der Waals surface area contributed by atoms with Gasteiger partial charge in [-0.15, -0.1) is 0 Å². The van der Waals surface area contributed by atoms with E-state index in [2.05, 4.69) is 19.2 Å². The van der Waals surface area contributed by atoms with Crippen LogP contribution in [-0.2, 0) is 4.79 Å². The highest BCUT2D eigenvalue weighted by atomic mass is 35.5. The van der Waals surface area contributed by atoms with Crippen molar-refractivity contribution in [2.75, 3.05) is 6.54 Å². The van der Waals surface area contributed by atoms with E-state index in [4.69, 9.17) is 16.3 Å². The Kier molecular flexibility index (Phi) is 6.52. The molecule has 0 aliphatic heterocycles. The summed E-state index contributed by atoms with van der Waals surface area (Å²) < 4.78 is 5.51. The van der Waals surface area contributed by atoms with E-state index in [-0.39, 0.29) is 11.5 Å². The topological polar surface area (TPSA) is 55.4 Å². The summed E-state index contributed by atoms with van der Waals surface area (Å²) >= 11 is 5.90. The van der Waals surface area contributed by atoms with E-state index < -0.39 is 6.10 Å². The normalized spacial score (nSPS) is 12.1. The first-order chi connectivity index (χ1) is 9.45. The average Bonchev–Trinajstić information content (AvgIpc) is 2.38. The number of hydrogen-bond acceptors (Lipinski definition) is 3. The molecule has 1 aromatic rings. The molecule has 0 aromatic heterocycles. The Morgan fingerprint density at radius 3 is 2.70 bits per heavy atom. The smallest absolute Gasteiger partial charge is 0.260 e. The van der Waals surface area contributed by atoms with Crippen LogP contribution in [-0.4, -0.2) is 24.8 Å². The summed E-state index contributed by atoms with van der Waals surface area (Å²) in [6.45, 7) is 6.43. The van der Waals surface area contributed by atoms with Crippen LogP contribution in [0.3, 0.4) is 0 Å². The molecule has 0 radical (unpaired) electrons. The standard InChI is InChI=1S/C15H20ClNO3/c1-10(2)7-8-17-15(19)11(3)20-14-6-4-5-13(16)12(14)9-18/h4-6,9-11H,7-8H2,1-3H3,(H,17,19). The lowest BCUT2D eigenvalue weighted by atomic mass is 10.1. The fourth-order valence-corrected chi connectivity index (χ4v) is 1.82. The van der Waals surface area contributed by atoms with Gasteiger partial charge in [0.05, 0.1) is 10.6 Å². The molecular formula is C15H20ClNO3. The third-order valence-electron chi connectivity index (χ3n) is 2.82. The minimum atomic E-state index is -0.681. The van der Waals surface area contributed by atoms with Gasteiger partial charge < -0.3 is 10.1 Å². The van der Waals surface area contributed by atoms with Gasteiger partial charge in [0.15, 0.2) is 12.4 Å². The number of carbonyl (C=O) groups excluding carboxylic acids is 2. The third-order valence-corrected chi connectivity index (χ3v) is 3.15. The molecule has 1 aromatic carbocycles. The predicted molar refractivity (Wildman–Crippen MR) is 79.4 cm³/mol. The van der Waals surface area contributed by atoms with Crippen molar-refractivity contribution >= 4 is 23.8 Å². The zero-order chi connectivity index (χ0) is 15.1. The fourth-order valence-electron chi connectivity index (χ4n) is 1.61. The highest BCUT2D eigenvalue weighted by Gasteiger charge is 2.17.